The van der Waals surface area contributed by atoms with Crippen molar-refractivity contribution in [3.8, 4) is 6.01 Å². The van der Waals surface area contributed by atoms with Crippen molar-refractivity contribution >= 4 is 19.7 Å². The summed E-state index contributed by atoms with van der Waals surface area (Å²) in [5, 5.41) is 0.405. The van der Waals surface area contributed by atoms with E-state index in [-0.39, 0.29) is 11.6 Å². The average Bonchev–Trinajstić information content (AvgIpc) is 2.47. The number of halogens is 3. The van der Waals surface area contributed by atoms with Gasteiger partial charge in [0, 0.05) is 24.9 Å². The molecule has 0 aliphatic rings. The molecule has 0 unspecified atom stereocenters. The quantitative estimate of drug-likeness (QED) is 0.684. The summed E-state index contributed by atoms with van der Waals surface area (Å²) in [5.41, 5.74) is -0.563. The molecular weight excluding hydrogens is 338 g/mol. The third-order valence-corrected chi connectivity index (χ3v) is 5.20. The Morgan fingerprint density at radius 1 is 1.13 bits per heavy atom. The maximum Gasteiger partial charge on any atom is 0.316 e. The van der Waals surface area contributed by atoms with E-state index in [0.29, 0.717) is 11.6 Å². The Morgan fingerprint density at radius 2 is 1.78 bits per heavy atom. The van der Waals surface area contributed by atoms with Crippen molar-refractivity contribution in [1.29, 1.82) is 0 Å². The van der Waals surface area contributed by atoms with Gasteiger partial charge < -0.3 is 4.74 Å². The summed E-state index contributed by atoms with van der Waals surface area (Å²) >= 11 is 5.74. The minimum Gasteiger partial charge on any atom is -0.464 e. The van der Waals surface area contributed by atoms with Gasteiger partial charge in [0.1, 0.15) is 5.69 Å². The molecular formula is C16H19ClF2N2OSi. The second-order valence-electron chi connectivity index (χ2n) is 6.46. The molecule has 2 rings (SSSR count). The highest BCUT2D eigenvalue weighted by molar-refractivity contribution is 6.76. The highest BCUT2D eigenvalue weighted by Crippen LogP contribution is 2.35. The van der Waals surface area contributed by atoms with Gasteiger partial charge in [0.25, 0.3) is 0 Å². The number of rotatable bonds is 6. The fraction of sp³-hybridized carbons (Fsp3) is 0.375. The Labute approximate surface area is 140 Å². The van der Waals surface area contributed by atoms with E-state index in [1.165, 1.54) is 36.5 Å². The maximum atomic E-state index is 14.5. The summed E-state index contributed by atoms with van der Waals surface area (Å²) in [7, 11) is -1.26. The third-order valence-electron chi connectivity index (χ3n) is 3.25. The molecule has 1 aromatic carbocycles. The Kier molecular flexibility index (Phi) is 5.36. The van der Waals surface area contributed by atoms with Gasteiger partial charge in [-0.2, -0.15) is 13.8 Å². The van der Waals surface area contributed by atoms with Crippen LogP contribution in [-0.2, 0) is 5.92 Å². The summed E-state index contributed by atoms with van der Waals surface area (Å²) in [5.74, 6) is -3.23. The van der Waals surface area contributed by atoms with E-state index in [2.05, 4.69) is 29.6 Å². The van der Waals surface area contributed by atoms with Crippen LogP contribution in [0.5, 0.6) is 6.01 Å². The van der Waals surface area contributed by atoms with Crippen molar-refractivity contribution in [3.05, 3.63) is 52.8 Å². The molecule has 0 fully saturated rings. The number of nitrogens with zero attached hydrogens (tertiary/aromatic N) is 2. The van der Waals surface area contributed by atoms with Crippen LogP contribution >= 0.6 is 11.6 Å². The molecule has 7 heteroatoms. The van der Waals surface area contributed by atoms with Crippen molar-refractivity contribution in [2.24, 2.45) is 0 Å². The van der Waals surface area contributed by atoms with E-state index in [1.807, 2.05) is 0 Å². The Bertz CT molecular complexity index is 660. The van der Waals surface area contributed by atoms with E-state index in [1.54, 1.807) is 0 Å². The van der Waals surface area contributed by atoms with Gasteiger partial charge in [-0.3, -0.25) is 0 Å². The zero-order chi connectivity index (χ0) is 17.1. The molecule has 0 aliphatic heterocycles. The summed E-state index contributed by atoms with van der Waals surface area (Å²) < 4.78 is 34.5. The Morgan fingerprint density at radius 3 is 2.39 bits per heavy atom. The number of aromatic nitrogens is 2. The first-order chi connectivity index (χ1) is 10.7. The van der Waals surface area contributed by atoms with Gasteiger partial charge in [0.15, 0.2) is 0 Å². The largest absolute Gasteiger partial charge is 0.464 e. The normalized spacial score (nSPS) is 12.3. The van der Waals surface area contributed by atoms with E-state index >= 15 is 0 Å². The molecule has 0 spiro atoms. The number of hydrogen-bond acceptors (Lipinski definition) is 3. The van der Waals surface area contributed by atoms with Crippen LogP contribution in [0, 0.1) is 0 Å². The lowest BCUT2D eigenvalue weighted by Gasteiger charge is -2.18. The molecule has 0 bridgehead atoms. The predicted octanol–water partition coefficient (Wildman–Crippen LogP) is 4.99. The lowest BCUT2D eigenvalue weighted by molar-refractivity contribution is 0.0370. The molecule has 1 aromatic heterocycles. The van der Waals surface area contributed by atoms with Gasteiger partial charge in [-0.15, -0.1) is 0 Å². The van der Waals surface area contributed by atoms with Gasteiger partial charge in [-0.05, 0) is 24.2 Å². The summed E-state index contributed by atoms with van der Waals surface area (Å²) in [6.07, 6.45) is 1.29. The zero-order valence-corrected chi connectivity index (χ0v) is 15.1. The van der Waals surface area contributed by atoms with Crippen LogP contribution in [0.3, 0.4) is 0 Å². The van der Waals surface area contributed by atoms with Gasteiger partial charge in [0.2, 0.25) is 0 Å². The van der Waals surface area contributed by atoms with Crippen LogP contribution in [0.25, 0.3) is 0 Å². The maximum absolute atomic E-state index is 14.5. The highest BCUT2D eigenvalue weighted by atomic mass is 35.5. The van der Waals surface area contributed by atoms with Crippen molar-refractivity contribution < 1.29 is 13.5 Å². The number of ether oxygens (including phenoxy) is 1. The molecule has 2 aromatic rings. The van der Waals surface area contributed by atoms with Crippen molar-refractivity contribution in [1.82, 2.24) is 9.97 Å². The first kappa shape index (κ1) is 17.8. The molecule has 0 saturated heterocycles. The smallest absolute Gasteiger partial charge is 0.316 e. The van der Waals surface area contributed by atoms with Gasteiger partial charge >= 0.3 is 11.9 Å². The SMILES string of the molecule is C[Si](C)(C)CCOc1nccc(C(F)(F)c2ccc(Cl)cc2)n1. The summed E-state index contributed by atoms with van der Waals surface area (Å²) in [6, 6.07) is 7.52. The minimum atomic E-state index is -3.23. The van der Waals surface area contributed by atoms with Crippen LogP contribution in [-0.4, -0.2) is 24.6 Å². The van der Waals surface area contributed by atoms with Crippen LogP contribution in [0.4, 0.5) is 8.78 Å². The average molecular weight is 357 g/mol. The molecule has 0 radical (unpaired) electrons. The van der Waals surface area contributed by atoms with Gasteiger partial charge in [0.05, 0.1) is 6.61 Å². The predicted molar refractivity (Wildman–Crippen MR) is 90.1 cm³/mol. The molecule has 0 N–H and O–H groups in total. The zero-order valence-electron chi connectivity index (χ0n) is 13.3. The van der Waals surface area contributed by atoms with Crippen LogP contribution < -0.4 is 4.74 Å². The van der Waals surface area contributed by atoms with Crippen LogP contribution in [0.15, 0.2) is 36.5 Å². The molecule has 0 saturated carbocycles. The standard InChI is InChI=1S/C16H19ClF2N2OSi/c1-23(2,3)11-10-22-15-20-9-8-14(21-15)16(18,19)12-4-6-13(17)7-5-12/h4-9H,10-11H2,1-3H3. The molecule has 0 atom stereocenters. The molecule has 1 heterocycles. The lowest BCUT2D eigenvalue weighted by Crippen LogP contribution is -2.23. The highest BCUT2D eigenvalue weighted by Gasteiger charge is 2.36. The van der Waals surface area contributed by atoms with Gasteiger partial charge in [-0.25, -0.2) is 4.98 Å². The Hall–Kier alpha value is -1.53. The monoisotopic (exact) mass is 356 g/mol. The Balaban J connectivity index is 2.16. The van der Waals surface area contributed by atoms with Crippen LogP contribution in [0.1, 0.15) is 11.3 Å². The summed E-state index contributed by atoms with van der Waals surface area (Å²) in [4.78, 5) is 7.77. The minimum absolute atomic E-state index is 0.0191. The lowest BCUT2D eigenvalue weighted by atomic mass is 10.1. The van der Waals surface area contributed by atoms with E-state index in [9.17, 15) is 8.78 Å². The molecule has 0 aliphatic carbocycles. The fourth-order valence-electron chi connectivity index (χ4n) is 1.84. The summed E-state index contributed by atoms with van der Waals surface area (Å²) in [6.45, 7) is 7.07. The van der Waals surface area contributed by atoms with E-state index < -0.39 is 19.7 Å². The van der Waals surface area contributed by atoms with Crippen molar-refractivity contribution in [2.75, 3.05) is 6.61 Å². The number of hydrogen-bond donors (Lipinski definition) is 0. The molecule has 0 amide bonds. The van der Waals surface area contributed by atoms with Crippen molar-refractivity contribution in [2.45, 2.75) is 31.6 Å². The van der Waals surface area contributed by atoms with Crippen LogP contribution in [0.2, 0.25) is 30.7 Å². The third kappa shape index (κ3) is 4.97. The van der Waals surface area contributed by atoms with E-state index in [4.69, 9.17) is 16.3 Å². The number of benzene rings is 1. The molecule has 3 nitrogen and oxygen atoms in total. The second-order valence-corrected chi connectivity index (χ2v) is 12.5. The van der Waals surface area contributed by atoms with Gasteiger partial charge in [-0.1, -0.05) is 43.4 Å². The first-order valence-electron chi connectivity index (χ1n) is 7.29. The molecule has 124 valence electrons. The fourth-order valence-corrected chi connectivity index (χ4v) is 2.68. The topological polar surface area (TPSA) is 35.0 Å². The second kappa shape index (κ2) is 6.92. The molecule has 23 heavy (non-hydrogen) atoms. The first-order valence-corrected chi connectivity index (χ1v) is 11.4. The number of alkyl halides is 2. The van der Waals surface area contributed by atoms with Crippen molar-refractivity contribution in [3.63, 3.8) is 0 Å². The van der Waals surface area contributed by atoms with E-state index in [0.717, 1.165) is 6.04 Å².